The summed E-state index contributed by atoms with van der Waals surface area (Å²) in [7, 11) is 0. The zero-order valence-corrected chi connectivity index (χ0v) is 12.8. The number of carbonyl (C=O) groups is 1. The lowest BCUT2D eigenvalue weighted by Crippen LogP contribution is -2.48. The number of amides is 1. The highest BCUT2D eigenvalue weighted by atomic mass is 79.9. The number of fused-ring (bicyclic) bond motifs is 2. The fraction of sp³-hybridized carbons (Fsp3) is 0.500. The summed E-state index contributed by atoms with van der Waals surface area (Å²) in [6.45, 7) is 0. The van der Waals surface area contributed by atoms with Gasteiger partial charge in [0.1, 0.15) is 0 Å². The van der Waals surface area contributed by atoms with Gasteiger partial charge in [0.05, 0.1) is 10.6 Å². The Morgan fingerprint density at radius 1 is 1.32 bits per heavy atom. The fourth-order valence-electron chi connectivity index (χ4n) is 3.12. The molecule has 2 aliphatic heterocycles. The van der Waals surface area contributed by atoms with Crippen molar-refractivity contribution >= 4 is 33.4 Å². The van der Waals surface area contributed by atoms with Crippen LogP contribution in [0.4, 0.5) is 0 Å². The number of piperidine rings is 1. The molecule has 2 unspecified atom stereocenters. The molecule has 2 aliphatic rings. The average Bonchev–Trinajstić information content (AvgIpc) is 2.72. The van der Waals surface area contributed by atoms with E-state index in [0.717, 1.165) is 17.3 Å². The molecular formula is C14H16BrClN2O. The van der Waals surface area contributed by atoms with Gasteiger partial charge in [-0.15, -0.1) is 0 Å². The average molecular weight is 344 g/mol. The predicted octanol–water partition coefficient (Wildman–Crippen LogP) is 3.12. The number of hydrogen-bond acceptors (Lipinski definition) is 2. The second-order valence-corrected chi connectivity index (χ2v) is 6.61. The molecule has 1 aromatic rings. The van der Waals surface area contributed by atoms with Crippen molar-refractivity contribution in [2.45, 2.75) is 43.8 Å². The van der Waals surface area contributed by atoms with Gasteiger partial charge in [-0.3, -0.25) is 4.79 Å². The van der Waals surface area contributed by atoms with E-state index >= 15 is 0 Å². The van der Waals surface area contributed by atoms with Gasteiger partial charge in [-0.1, -0.05) is 17.7 Å². The molecule has 3 nitrogen and oxygen atoms in total. The van der Waals surface area contributed by atoms with Crippen molar-refractivity contribution in [3.05, 3.63) is 33.3 Å². The van der Waals surface area contributed by atoms with E-state index < -0.39 is 0 Å². The Kier molecular flexibility index (Phi) is 3.83. The summed E-state index contributed by atoms with van der Waals surface area (Å²) in [5.74, 6) is -0.0717. The quantitative estimate of drug-likeness (QED) is 0.866. The largest absolute Gasteiger partial charge is 0.349 e. The second kappa shape index (κ2) is 5.43. The molecule has 0 radical (unpaired) electrons. The summed E-state index contributed by atoms with van der Waals surface area (Å²) in [5.41, 5.74) is 0.543. The minimum atomic E-state index is -0.0717. The molecule has 5 heteroatoms. The Labute approximate surface area is 126 Å². The molecule has 2 N–H and O–H groups in total. The molecule has 3 rings (SSSR count). The Bertz CT molecular complexity index is 496. The zero-order valence-electron chi connectivity index (χ0n) is 10.5. The van der Waals surface area contributed by atoms with Crippen molar-refractivity contribution < 1.29 is 4.79 Å². The molecule has 2 heterocycles. The van der Waals surface area contributed by atoms with Crippen LogP contribution in [-0.4, -0.2) is 24.0 Å². The standard InChI is InChI=1S/C14H16BrClN2O/c15-12-3-1-2-11(13(12)16)14(19)18-10-6-8-4-5-9(7-10)17-8/h1-3,8-10,17H,4-7H2,(H,18,19). The molecule has 1 amide bonds. The van der Waals surface area contributed by atoms with Gasteiger partial charge < -0.3 is 10.6 Å². The van der Waals surface area contributed by atoms with Crippen LogP contribution in [0.3, 0.4) is 0 Å². The lowest BCUT2D eigenvalue weighted by Gasteiger charge is -2.29. The first-order valence-corrected chi connectivity index (χ1v) is 7.81. The highest BCUT2D eigenvalue weighted by molar-refractivity contribution is 9.10. The van der Waals surface area contributed by atoms with Gasteiger partial charge in [-0.2, -0.15) is 0 Å². The third-order valence-electron chi connectivity index (χ3n) is 4.00. The lowest BCUT2D eigenvalue weighted by atomic mass is 9.99. The van der Waals surface area contributed by atoms with Gasteiger partial charge in [-0.05, 0) is 53.7 Å². The molecule has 2 atom stereocenters. The van der Waals surface area contributed by atoms with Gasteiger partial charge in [0, 0.05) is 22.6 Å². The number of nitrogens with one attached hydrogen (secondary N) is 2. The second-order valence-electron chi connectivity index (χ2n) is 5.38. The van der Waals surface area contributed by atoms with Crippen molar-refractivity contribution in [1.29, 1.82) is 0 Å². The van der Waals surface area contributed by atoms with Gasteiger partial charge in [0.15, 0.2) is 0 Å². The van der Waals surface area contributed by atoms with Crippen LogP contribution in [0.2, 0.25) is 5.02 Å². The highest BCUT2D eigenvalue weighted by Crippen LogP contribution is 2.28. The first-order chi connectivity index (χ1) is 9.13. The third-order valence-corrected chi connectivity index (χ3v) is 5.30. The highest BCUT2D eigenvalue weighted by Gasteiger charge is 2.34. The van der Waals surface area contributed by atoms with Crippen LogP contribution in [0, 0.1) is 0 Å². The van der Waals surface area contributed by atoms with Crippen LogP contribution in [-0.2, 0) is 0 Å². The fourth-order valence-corrected chi connectivity index (χ4v) is 3.70. The van der Waals surface area contributed by atoms with E-state index in [9.17, 15) is 4.79 Å². The van der Waals surface area contributed by atoms with Crippen LogP contribution >= 0.6 is 27.5 Å². The summed E-state index contributed by atoms with van der Waals surface area (Å²) in [4.78, 5) is 12.3. The van der Waals surface area contributed by atoms with E-state index in [1.54, 1.807) is 6.07 Å². The number of rotatable bonds is 2. The van der Waals surface area contributed by atoms with Gasteiger partial charge in [-0.25, -0.2) is 0 Å². The Morgan fingerprint density at radius 3 is 2.68 bits per heavy atom. The maximum atomic E-state index is 12.3. The van der Waals surface area contributed by atoms with Gasteiger partial charge in [0.2, 0.25) is 0 Å². The van der Waals surface area contributed by atoms with Crippen molar-refractivity contribution in [3.63, 3.8) is 0 Å². The molecule has 0 spiro atoms. The Hall–Kier alpha value is -0.580. The van der Waals surface area contributed by atoms with Crippen molar-refractivity contribution in [3.8, 4) is 0 Å². The smallest absolute Gasteiger partial charge is 0.253 e. The normalized spacial score (nSPS) is 29.3. The van der Waals surface area contributed by atoms with E-state index in [4.69, 9.17) is 11.6 Å². The summed E-state index contributed by atoms with van der Waals surface area (Å²) in [6, 6.07) is 6.84. The minimum Gasteiger partial charge on any atom is -0.349 e. The van der Waals surface area contributed by atoms with Gasteiger partial charge >= 0.3 is 0 Å². The van der Waals surface area contributed by atoms with Crippen LogP contribution in [0.25, 0.3) is 0 Å². The first kappa shape index (κ1) is 13.4. The van der Waals surface area contributed by atoms with Gasteiger partial charge in [0.25, 0.3) is 5.91 Å². The molecule has 2 saturated heterocycles. The predicted molar refractivity (Wildman–Crippen MR) is 79.6 cm³/mol. The van der Waals surface area contributed by atoms with E-state index in [1.165, 1.54) is 12.8 Å². The molecule has 0 aromatic heterocycles. The molecule has 0 saturated carbocycles. The maximum Gasteiger partial charge on any atom is 0.253 e. The molecule has 0 aliphatic carbocycles. The zero-order chi connectivity index (χ0) is 13.4. The monoisotopic (exact) mass is 342 g/mol. The van der Waals surface area contributed by atoms with E-state index in [-0.39, 0.29) is 11.9 Å². The third kappa shape index (κ3) is 2.81. The van der Waals surface area contributed by atoms with Crippen molar-refractivity contribution in [2.24, 2.45) is 0 Å². The van der Waals surface area contributed by atoms with Crippen LogP contribution in [0.5, 0.6) is 0 Å². The Morgan fingerprint density at radius 2 is 2.00 bits per heavy atom. The number of benzene rings is 1. The van der Waals surface area contributed by atoms with Crippen LogP contribution in [0.1, 0.15) is 36.0 Å². The summed E-state index contributed by atoms with van der Waals surface area (Å²) < 4.78 is 0.757. The number of halogens is 2. The molecule has 102 valence electrons. The summed E-state index contributed by atoms with van der Waals surface area (Å²) in [5, 5.41) is 7.17. The minimum absolute atomic E-state index is 0.0717. The molecule has 19 heavy (non-hydrogen) atoms. The molecule has 2 bridgehead atoms. The lowest BCUT2D eigenvalue weighted by molar-refractivity contribution is 0.0924. The van der Waals surface area contributed by atoms with Crippen LogP contribution < -0.4 is 10.6 Å². The topological polar surface area (TPSA) is 41.1 Å². The van der Waals surface area contributed by atoms with Crippen LogP contribution in [0.15, 0.2) is 22.7 Å². The van der Waals surface area contributed by atoms with E-state index in [2.05, 4.69) is 26.6 Å². The summed E-state index contributed by atoms with van der Waals surface area (Å²) >= 11 is 9.50. The van der Waals surface area contributed by atoms with E-state index in [1.807, 2.05) is 12.1 Å². The molecule has 2 fully saturated rings. The SMILES string of the molecule is O=C(NC1CC2CCC(C1)N2)c1cccc(Br)c1Cl. The first-order valence-electron chi connectivity index (χ1n) is 6.64. The summed E-state index contributed by atoms with van der Waals surface area (Å²) in [6.07, 6.45) is 4.51. The van der Waals surface area contributed by atoms with Crippen molar-refractivity contribution in [1.82, 2.24) is 10.6 Å². The maximum absolute atomic E-state index is 12.3. The molecular weight excluding hydrogens is 328 g/mol. The number of carbonyl (C=O) groups excluding carboxylic acids is 1. The van der Waals surface area contributed by atoms with E-state index in [0.29, 0.717) is 22.7 Å². The molecule has 1 aromatic carbocycles. The number of hydrogen-bond donors (Lipinski definition) is 2. The Balaban J connectivity index is 1.70. The van der Waals surface area contributed by atoms with Crippen molar-refractivity contribution in [2.75, 3.05) is 0 Å².